The minimum Gasteiger partial charge on any atom is -0.308 e. The van der Waals surface area contributed by atoms with Crippen LogP contribution in [0.4, 0.5) is 0 Å². The van der Waals surface area contributed by atoms with E-state index in [0.717, 1.165) is 32.2 Å². The first-order chi connectivity index (χ1) is 9.43. The molecule has 1 aliphatic rings. The highest BCUT2D eigenvalue weighted by Gasteiger charge is 2.34. The van der Waals surface area contributed by atoms with E-state index in [1.165, 1.54) is 11.3 Å². The highest BCUT2D eigenvalue weighted by molar-refractivity contribution is 9.10. The Bertz CT molecular complexity index is 536. The number of hydrogen-bond donors (Lipinski definition) is 0. The summed E-state index contributed by atoms with van der Waals surface area (Å²) < 4.78 is 28.6. The Kier molecular flexibility index (Phi) is 5.64. The lowest BCUT2D eigenvalue weighted by molar-refractivity contribution is 0.282. The van der Waals surface area contributed by atoms with Crippen LogP contribution in [-0.2, 0) is 10.0 Å². The van der Waals surface area contributed by atoms with Gasteiger partial charge in [0.25, 0.3) is 10.0 Å². The molecule has 0 unspecified atom stereocenters. The topological polar surface area (TPSA) is 40.6 Å². The first-order valence-electron chi connectivity index (χ1n) is 6.82. The fourth-order valence-corrected chi connectivity index (χ4v) is 6.66. The second-order valence-electron chi connectivity index (χ2n) is 5.41. The van der Waals surface area contributed by atoms with Crippen LogP contribution in [0, 0.1) is 0 Å². The van der Waals surface area contributed by atoms with Gasteiger partial charge in [0.2, 0.25) is 0 Å². The molecule has 1 saturated carbocycles. The van der Waals surface area contributed by atoms with Crippen molar-refractivity contribution in [2.24, 2.45) is 0 Å². The van der Waals surface area contributed by atoms with Gasteiger partial charge >= 0.3 is 0 Å². The maximum Gasteiger partial charge on any atom is 0.253 e. The predicted molar refractivity (Wildman–Crippen MR) is 86.7 cm³/mol. The summed E-state index contributed by atoms with van der Waals surface area (Å²) in [5.41, 5.74) is 0. The van der Waals surface area contributed by atoms with Gasteiger partial charge in [-0.1, -0.05) is 12.8 Å². The maximum absolute atomic E-state index is 12.9. The zero-order valence-electron chi connectivity index (χ0n) is 11.9. The third-order valence-corrected chi connectivity index (χ3v) is 8.23. The fourth-order valence-electron chi connectivity index (χ4n) is 2.56. The molecule has 1 fully saturated rings. The van der Waals surface area contributed by atoms with Crippen molar-refractivity contribution in [2.75, 3.05) is 27.2 Å². The van der Waals surface area contributed by atoms with Gasteiger partial charge in [0, 0.05) is 23.6 Å². The number of halogens is 1. The van der Waals surface area contributed by atoms with Gasteiger partial charge in [0.05, 0.1) is 0 Å². The van der Waals surface area contributed by atoms with E-state index in [2.05, 4.69) is 15.9 Å². The monoisotopic (exact) mass is 380 g/mol. The van der Waals surface area contributed by atoms with Gasteiger partial charge in [-0.2, -0.15) is 4.31 Å². The molecule has 1 aliphatic carbocycles. The van der Waals surface area contributed by atoms with Crippen molar-refractivity contribution in [2.45, 2.75) is 35.9 Å². The Labute approximate surface area is 133 Å². The summed E-state index contributed by atoms with van der Waals surface area (Å²) in [7, 11) is 0.556. The van der Waals surface area contributed by atoms with Crippen molar-refractivity contribution >= 4 is 37.3 Å². The lowest BCUT2D eigenvalue weighted by Crippen LogP contribution is -2.42. The zero-order chi connectivity index (χ0) is 14.8. The molecule has 20 heavy (non-hydrogen) atoms. The standard InChI is InChI=1S/C13H21BrN2O2S2/c1-15(2)8-9-16(11-5-3-4-6-11)20(17,18)13-12(14)7-10-19-13/h7,10-11H,3-6,8-9H2,1-2H3. The molecule has 0 atom stereocenters. The second kappa shape index (κ2) is 6.87. The molecule has 1 aromatic heterocycles. The molecule has 0 aromatic carbocycles. The summed E-state index contributed by atoms with van der Waals surface area (Å²) >= 11 is 4.64. The lowest BCUT2D eigenvalue weighted by Gasteiger charge is -2.28. The molecule has 7 heteroatoms. The molecule has 0 bridgehead atoms. The summed E-state index contributed by atoms with van der Waals surface area (Å²) in [4.78, 5) is 2.03. The van der Waals surface area contributed by atoms with Crippen LogP contribution in [0.3, 0.4) is 0 Å². The molecule has 1 heterocycles. The normalized spacial score (nSPS) is 17.4. The average molecular weight is 381 g/mol. The summed E-state index contributed by atoms with van der Waals surface area (Å²) in [5.74, 6) is 0. The van der Waals surface area contributed by atoms with Crippen LogP contribution in [0.5, 0.6) is 0 Å². The second-order valence-corrected chi connectivity index (χ2v) is 9.27. The molecule has 4 nitrogen and oxygen atoms in total. The molecule has 0 radical (unpaired) electrons. The quantitative estimate of drug-likeness (QED) is 0.761. The number of thiophene rings is 1. The van der Waals surface area contributed by atoms with Gasteiger partial charge in [-0.05, 0) is 54.3 Å². The molecule has 0 N–H and O–H groups in total. The molecule has 2 rings (SSSR count). The molecule has 114 valence electrons. The van der Waals surface area contributed by atoms with Crippen LogP contribution in [-0.4, -0.2) is 50.8 Å². The van der Waals surface area contributed by atoms with Crippen LogP contribution < -0.4 is 0 Å². The Balaban J connectivity index is 2.27. The third kappa shape index (κ3) is 3.62. The highest BCUT2D eigenvalue weighted by atomic mass is 79.9. The van der Waals surface area contributed by atoms with E-state index in [1.807, 2.05) is 24.4 Å². The summed E-state index contributed by atoms with van der Waals surface area (Å²) in [6, 6.07) is 1.96. The average Bonchev–Trinajstić information content (AvgIpc) is 2.99. The van der Waals surface area contributed by atoms with Crippen LogP contribution in [0.15, 0.2) is 20.1 Å². The van der Waals surface area contributed by atoms with Crippen LogP contribution in [0.2, 0.25) is 0 Å². The molecule has 0 saturated heterocycles. The summed E-state index contributed by atoms with van der Waals surface area (Å²) in [6.45, 7) is 1.31. The van der Waals surface area contributed by atoms with E-state index in [0.29, 0.717) is 15.2 Å². The molecule has 1 aromatic rings. The molecular weight excluding hydrogens is 360 g/mol. The van der Waals surface area contributed by atoms with Crippen molar-refractivity contribution in [3.8, 4) is 0 Å². The van der Waals surface area contributed by atoms with Crippen LogP contribution >= 0.6 is 27.3 Å². The van der Waals surface area contributed by atoms with E-state index < -0.39 is 10.0 Å². The van der Waals surface area contributed by atoms with Crippen molar-refractivity contribution in [3.05, 3.63) is 15.9 Å². The predicted octanol–water partition coefficient (Wildman–Crippen LogP) is 3.01. The summed E-state index contributed by atoms with van der Waals surface area (Å²) in [6.07, 6.45) is 4.22. The van der Waals surface area contributed by atoms with Crippen molar-refractivity contribution in [3.63, 3.8) is 0 Å². The van der Waals surface area contributed by atoms with Crippen LogP contribution in [0.25, 0.3) is 0 Å². The van der Waals surface area contributed by atoms with E-state index in [1.54, 1.807) is 10.4 Å². The molecular formula is C13H21BrN2O2S2. The molecule has 0 spiro atoms. The zero-order valence-corrected chi connectivity index (χ0v) is 15.1. The molecule has 0 aliphatic heterocycles. The Morgan fingerprint density at radius 1 is 1.30 bits per heavy atom. The largest absolute Gasteiger partial charge is 0.308 e. The Morgan fingerprint density at radius 2 is 1.95 bits per heavy atom. The van der Waals surface area contributed by atoms with Crippen LogP contribution in [0.1, 0.15) is 25.7 Å². The smallest absolute Gasteiger partial charge is 0.253 e. The first kappa shape index (κ1) is 16.4. The number of hydrogen-bond acceptors (Lipinski definition) is 4. The van der Waals surface area contributed by atoms with Gasteiger partial charge in [0.15, 0.2) is 0 Å². The number of sulfonamides is 1. The lowest BCUT2D eigenvalue weighted by atomic mass is 10.2. The van der Waals surface area contributed by atoms with Gasteiger partial charge in [-0.3, -0.25) is 0 Å². The Morgan fingerprint density at radius 3 is 2.45 bits per heavy atom. The highest BCUT2D eigenvalue weighted by Crippen LogP contribution is 2.34. The van der Waals surface area contributed by atoms with Crippen molar-refractivity contribution in [1.29, 1.82) is 0 Å². The number of likely N-dealkylation sites (N-methyl/N-ethyl adjacent to an activating group) is 1. The molecule has 0 amide bonds. The van der Waals surface area contributed by atoms with Gasteiger partial charge in [-0.15, -0.1) is 11.3 Å². The van der Waals surface area contributed by atoms with E-state index >= 15 is 0 Å². The van der Waals surface area contributed by atoms with E-state index in [9.17, 15) is 8.42 Å². The van der Waals surface area contributed by atoms with E-state index in [-0.39, 0.29) is 6.04 Å². The Hall–Kier alpha value is 0.0500. The fraction of sp³-hybridized carbons (Fsp3) is 0.692. The van der Waals surface area contributed by atoms with Crippen molar-refractivity contribution < 1.29 is 8.42 Å². The van der Waals surface area contributed by atoms with E-state index in [4.69, 9.17) is 0 Å². The maximum atomic E-state index is 12.9. The van der Waals surface area contributed by atoms with Gasteiger partial charge in [0.1, 0.15) is 4.21 Å². The third-order valence-electron chi connectivity index (χ3n) is 3.63. The minimum absolute atomic E-state index is 0.161. The van der Waals surface area contributed by atoms with Gasteiger partial charge in [-0.25, -0.2) is 8.42 Å². The van der Waals surface area contributed by atoms with Crippen molar-refractivity contribution in [1.82, 2.24) is 9.21 Å². The number of nitrogens with zero attached hydrogens (tertiary/aromatic N) is 2. The summed E-state index contributed by atoms with van der Waals surface area (Å²) in [5, 5.41) is 1.82. The minimum atomic E-state index is -3.39. The van der Waals surface area contributed by atoms with Gasteiger partial charge < -0.3 is 4.90 Å². The number of rotatable bonds is 6. The first-order valence-corrected chi connectivity index (χ1v) is 9.94. The SMILES string of the molecule is CN(C)CCN(C1CCCC1)S(=O)(=O)c1sccc1Br.